The van der Waals surface area contributed by atoms with Crippen LogP contribution in [-0.2, 0) is 13.0 Å². The first-order valence-electron chi connectivity index (χ1n) is 7.55. The summed E-state index contributed by atoms with van der Waals surface area (Å²) in [6.45, 7) is 3.63. The molecule has 0 spiro atoms. The molecule has 114 valence electrons. The van der Waals surface area contributed by atoms with Crippen molar-refractivity contribution in [2.45, 2.75) is 19.0 Å². The maximum atomic E-state index is 12.9. The largest absolute Gasteiger partial charge is 0.335 e. The Bertz CT molecular complexity index is 691. The molecule has 2 aliphatic heterocycles. The van der Waals surface area contributed by atoms with E-state index in [2.05, 4.69) is 16.3 Å². The van der Waals surface area contributed by atoms with Gasteiger partial charge in [-0.1, -0.05) is 0 Å². The fraction of sp³-hybridized carbons (Fsp3) is 0.353. The average molecular weight is 316 g/mol. The van der Waals surface area contributed by atoms with E-state index in [1.54, 1.807) is 12.1 Å². The number of rotatable bonds is 2. The van der Waals surface area contributed by atoms with E-state index in [4.69, 9.17) is 0 Å². The minimum Gasteiger partial charge on any atom is -0.335 e. The minimum absolute atomic E-state index is 0.00415. The first-order chi connectivity index (χ1) is 10.7. The van der Waals surface area contributed by atoms with Gasteiger partial charge < -0.3 is 4.90 Å². The Hall–Kier alpha value is -1.72. The Labute approximate surface area is 133 Å². The Morgan fingerprint density at radius 1 is 1.18 bits per heavy atom. The van der Waals surface area contributed by atoms with Crippen molar-refractivity contribution in [3.63, 3.8) is 0 Å². The highest BCUT2D eigenvalue weighted by molar-refractivity contribution is 7.10. The lowest BCUT2D eigenvalue weighted by atomic mass is 10.0. The van der Waals surface area contributed by atoms with Crippen LogP contribution < -0.4 is 0 Å². The third kappa shape index (κ3) is 2.44. The normalized spacial score (nSPS) is 18.9. The van der Waals surface area contributed by atoms with Crippen molar-refractivity contribution < 1.29 is 9.18 Å². The summed E-state index contributed by atoms with van der Waals surface area (Å²) in [5, 5.41) is 2.17. The van der Waals surface area contributed by atoms with E-state index in [0.29, 0.717) is 11.6 Å². The summed E-state index contributed by atoms with van der Waals surface area (Å²) in [6.07, 6.45) is 1.12. The highest BCUT2D eigenvalue weighted by Crippen LogP contribution is 2.28. The molecule has 5 heteroatoms. The molecule has 1 amide bonds. The summed E-state index contributed by atoms with van der Waals surface area (Å²) in [5.41, 5.74) is 2.01. The quantitative estimate of drug-likeness (QED) is 0.850. The predicted molar refractivity (Wildman–Crippen MR) is 84.5 cm³/mol. The molecule has 22 heavy (non-hydrogen) atoms. The standard InChI is InChI=1S/C17H17FN2OS/c18-14-3-1-12(2-4-14)17(21)20-10-15(11-20)19-7-5-16-13(9-19)6-8-22-16/h1-4,6,8,15H,5,7,9-11H2. The highest BCUT2D eigenvalue weighted by atomic mass is 32.1. The van der Waals surface area contributed by atoms with Crippen LogP contribution in [0.3, 0.4) is 0 Å². The number of fused-ring (bicyclic) bond motifs is 1. The molecular formula is C17H17FN2OS. The third-order valence-electron chi connectivity index (χ3n) is 4.59. The minimum atomic E-state index is -0.307. The van der Waals surface area contributed by atoms with Crippen LogP contribution in [0.1, 0.15) is 20.8 Å². The number of amides is 1. The van der Waals surface area contributed by atoms with Gasteiger partial charge in [-0.15, -0.1) is 11.3 Å². The summed E-state index contributed by atoms with van der Waals surface area (Å²) < 4.78 is 12.9. The highest BCUT2D eigenvalue weighted by Gasteiger charge is 2.36. The molecule has 3 heterocycles. The number of carbonyl (C=O) groups is 1. The van der Waals surface area contributed by atoms with Crippen LogP contribution >= 0.6 is 11.3 Å². The van der Waals surface area contributed by atoms with Gasteiger partial charge in [-0.3, -0.25) is 9.69 Å². The van der Waals surface area contributed by atoms with Gasteiger partial charge in [0.25, 0.3) is 5.91 Å². The molecule has 2 aliphatic rings. The van der Waals surface area contributed by atoms with Crippen molar-refractivity contribution in [3.8, 4) is 0 Å². The predicted octanol–water partition coefficient (Wildman–Crippen LogP) is 2.77. The molecule has 0 atom stereocenters. The smallest absolute Gasteiger partial charge is 0.253 e. The van der Waals surface area contributed by atoms with E-state index < -0.39 is 0 Å². The maximum absolute atomic E-state index is 12.9. The van der Waals surface area contributed by atoms with Gasteiger partial charge in [0.2, 0.25) is 0 Å². The molecule has 0 radical (unpaired) electrons. The molecule has 0 saturated carbocycles. The summed E-state index contributed by atoms with van der Waals surface area (Å²) >= 11 is 1.85. The number of halogens is 1. The second kappa shape index (κ2) is 5.48. The Kier molecular flexibility index (Phi) is 3.47. The molecular weight excluding hydrogens is 299 g/mol. The lowest BCUT2D eigenvalue weighted by Gasteiger charge is -2.46. The Balaban J connectivity index is 1.36. The fourth-order valence-electron chi connectivity index (χ4n) is 3.21. The summed E-state index contributed by atoms with van der Waals surface area (Å²) in [4.78, 5) is 18.1. The van der Waals surface area contributed by atoms with E-state index in [9.17, 15) is 9.18 Å². The van der Waals surface area contributed by atoms with Gasteiger partial charge in [0.1, 0.15) is 5.82 Å². The van der Waals surface area contributed by atoms with Crippen molar-refractivity contribution >= 4 is 17.2 Å². The first kappa shape index (κ1) is 13.9. The number of nitrogens with zero attached hydrogens (tertiary/aromatic N) is 2. The van der Waals surface area contributed by atoms with Crippen LogP contribution in [0, 0.1) is 5.82 Å². The van der Waals surface area contributed by atoms with E-state index >= 15 is 0 Å². The monoisotopic (exact) mass is 316 g/mol. The van der Waals surface area contributed by atoms with Gasteiger partial charge in [0.05, 0.1) is 0 Å². The molecule has 0 unspecified atom stereocenters. The van der Waals surface area contributed by atoms with Crippen LogP contribution in [-0.4, -0.2) is 41.4 Å². The first-order valence-corrected chi connectivity index (χ1v) is 8.43. The maximum Gasteiger partial charge on any atom is 0.253 e. The average Bonchev–Trinajstić information content (AvgIpc) is 2.94. The lowest BCUT2D eigenvalue weighted by Crippen LogP contribution is -2.61. The van der Waals surface area contributed by atoms with E-state index in [-0.39, 0.29) is 11.7 Å². The molecule has 3 nitrogen and oxygen atoms in total. The van der Waals surface area contributed by atoms with Gasteiger partial charge in [0, 0.05) is 42.7 Å². The van der Waals surface area contributed by atoms with Gasteiger partial charge in [0.15, 0.2) is 0 Å². The zero-order valence-electron chi connectivity index (χ0n) is 12.2. The van der Waals surface area contributed by atoms with Crippen LogP contribution in [0.15, 0.2) is 35.7 Å². The number of thiophene rings is 1. The van der Waals surface area contributed by atoms with Gasteiger partial charge in [-0.25, -0.2) is 4.39 Å². The van der Waals surface area contributed by atoms with Crippen LogP contribution in [0.25, 0.3) is 0 Å². The van der Waals surface area contributed by atoms with Crippen molar-refractivity contribution in [2.75, 3.05) is 19.6 Å². The lowest BCUT2D eigenvalue weighted by molar-refractivity contribution is 0.0221. The van der Waals surface area contributed by atoms with Gasteiger partial charge in [-0.05, 0) is 47.7 Å². The second-order valence-corrected chi connectivity index (χ2v) is 6.96. The van der Waals surface area contributed by atoms with Crippen LogP contribution in [0.2, 0.25) is 0 Å². The number of likely N-dealkylation sites (tertiary alicyclic amines) is 1. The molecule has 1 fully saturated rings. The van der Waals surface area contributed by atoms with Crippen molar-refractivity contribution in [1.29, 1.82) is 0 Å². The van der Waals surface area contributed by atoms with E-state index in [1.807, 2.05) is 16.2 Å². The fourth-order valence-corrected chi connectivity index (χ4v) is 4.10. The third-order valence-corrected chi connectivity index (χ3v) is 5.62. The topological polar surface area (TPSA) is 23.6 Å². The summed E-state index contributed by atoms with van der Waals surface area (Å²) in [7, 11) is 0. The van der Waals surface area contributed by atoms with Gasteiger partial charge in [-0.2, -0.15) is 0 Å². The molecule has 1 aromatic carbocycles. The van der Waals surface area contributed by atoms with Crippen molar-refractivity contribution in [2.24, 2.45) is 0 Å². The molecule has 2 aromatic rings. The zero-order valence-corrected chi connectivity index (χ0v) is 13.0. The molecule has 1 aromatic heterocycles. The number of carbonyl (C=O) groups excluding carboxylic acids is 1. The number of benzene rings is 1. The molecule has 0 N–H and O–H groups in total. The Morgan fingerprint density at radius 3 is 2.73 bits per heavy atom. The molecule has 1 saturated heterocycles. The number of hydrogen-bond donors (Lipinski definition) is 0. The second-order valence-electron chi connectivity index (χ2n) is 5.96. The van der Waals surface area contributed by atoms with E-state index in [0.717, 1.165) is 32.6 Å². The van der Waals surface area contributed by atoms with Gasteiger partial charge >= 0.3 is 0 Å². The molecule has 4 rings (SSSR count). The van der Waals surface area contributed by atoms with Crippen molar-refractivity contribution in [3.05, 3.63) is 57.5 Å². The number of hydrogen-bond acceptors (Lipinski definition) is 3. The molecule has 0 bridgehead atoms. The SMILES string of the molecule is O=C(c1ccc(F)cc1)N1CC(N2CCc3sccc3C2)C1. The Morgan fingerprint density at radius 2 is 1.95 bits per heavy atom. The summed E-state index contributed by atoms with van der Waals surface area (Å²) in [6, 6.07) is 8.47. The zero-order chi connectivity index (χ0) is 15.1. The van der Waals surface area contributed by atoms with Crippen LogP contribution in [0.4, 0.5) is 4.39 Å². The van der Waals surface area contributed by atoms with Crippen LogP contribution in [0.5, 0.6) is 0 Å². The van der Waals surface area contributed by atoms with E-state index in [1.165, 1.54) is 22.6 Å². The van der Waals surface area contributed by atoms with Crippen molar-refractivity contribution in [1.82, 2.24) is 9.80 Å². The summed E-state index contributed by atoms with van der Waals surface area (Å²) in [5.74, 6) is -0.303. The molecule has 0 aliphatic carbocycles.